The Morgan fingerprint density at radius 3 is 2.52 bits per heavy atom. The van der Waals surface area contributed by atoms with Crippen molar-refractivity contribution in [3.8, 4) is 22.7 Å². The number of benzene rings is 2. The Labute approximate surface area is 134 Å². The summed E-state index contributed by atoms with van der Waals surface area (Å²) < 4.78 is 11.6. The van der Waals surface area contributed by atoms with E-state index in [0.717, 1.165) is 22.7 Å². The van der Waals surface area contributed by atoms with Gasteiger partial charge in [-0.2, -0.15) is 5.10 Å². The second kappa shape index (κ2) is 6.36. The summed E-state index contributed by atoms with van der Waals surface area (Å²) in [7, 11) is 3.00. The van der Waals surface area contributed by atoms with Gasteiger partial charge in [-0.05, 0) is 48.5 Å². The van der Waals surface area contributed by atoms with Crippen LogP contribution in [0.15, 0.2) is 60.8 Å². The van der Waals surface area contributed by atoms with Crippen LogP contribution < -0.4 is 4.74 Å². The fraction of sp³-hybridized carbons (Fsp3) is 0.111. The molecule has 1 heterocycles. The highest BCUT2D eigenvalue weighted by molar-refractivity contribution is 5.89. The summed E-state index contributed by atoms with van der Waals surface area (Å²) in [6, 6.07) is 16.8. The van der Waals surface area contributed by atoms with Crippen molar-refractivity contribution in [2.45, 2.75) is 0 Å². The first-order valence-electron chi connectivity index (χ1n) is 7.10. The molecule has 0 atom stereocenters. The quantitative estimate of drug-likeness (QED) is 0.694. The Hall–Kier alpha value is -3.08. The van der Waals surface area contributed by atoms with Gasteiger partial charge in [0.15, 0.2) is 0 Å². The molecule has 0 unspecified atom stereocenters. The van der Waals surface area contributed by atoms with Crippen LogP contribution >= 0.6 is 0 Å². The molecule has 0 aliphatic heterocycles. The van der Waals surface area contributed by atoms with E-state index in [2.05, 4.69) is 5.10 Å². The highest BCUT2D eigenvalue weighted by atomic mass is 16.5. The van der Waals surface area contributed by atoms with Crippen LogP contribution in [-0.4, -0.2) is 30.0 Å². The van der Waals surface area contributed by atoms with Gasteiger partial charge in [-0.15, -0.1) is 0 Å². The SMILES string of the molecule is COC(=O)c1cccc(-n2ccc(-c3ccc(OC)cc3)n2)c1. The highest BCUT2D eigenvalue weighted by Crippen LogP contribution is 2.22. The van der Waals surface area contributed by atoms with Crippen molar-refractivity contribution in [1.29, 1.82) is 0 Å². The summed E-state index contributed by atoms with van der Waals surface area (Å²) >= 11 is 0. The molecule has 5 nitrogen and oxygen atoms in total. The van der Waals surface area contributed by atoms with Crippen LogP contribution in [-0.2, 0) is 4.74 Å². The van der Waals surface area contributed by atoms with Gasteiger partial charge in [-0.1, -0.05) is 6.07 Å². The van der Waals surface area contributed by atoms with Crippen molar-refractivity contribution >= 4 is 5.97 Å². The van der Waals surface area contributed by atoms with E-state index in [-0.39, 0.29) is 5.97 Å². The lowest BCUT2D eigenvalue weighted by molar-refractivity contribution is 0.0600. The lowest BCUT2D eigenvalue weighted by Gasteiger charge is -2.04. The molecular weight excluding hydrogens is 292 g/mol. The number of carbonyl (C=O) groups is 1. The Bertz CT molecular complexity index is 822. The average molecular weight is 308 g/mol. The predicted octanol–water partition coefficient (Wildman–Crippen LogP) is 3.33. The minimum Gasteiger partial charge on any atom is -0.497 e. The summed E-state index contributed by atoms with van der Waals surface area (Å²) in [6.45, 7) is 0. The van der Waals surface area contributed by atoms with Crippen LogP contribution in [0.4, 0.5) is 0 Å². The van der Waals surface area contributed by atoms with Crippen molar-refractivity contribution in [2.24, 2.45) is 0 Å². The van der Waals surface area contributed by atoms with Crippen LogP contribution in [0.1, 0.15) is 10.4 Å². The van der Waals surface area contributed by atoms with E-state index in [4.69, 9.17) is 9.47 Å². The molecule has 3 rings (SSSR count). The molecule has 23 heavy (non-hydrogen) atoms. The highest BCUT2D eigenvalue weighted by Gasteiger charge is 2.08. The number of hydrogen-bond acceptors (Lipinski definition) is 4. The maximum Gasteiger partial charge on any atom is 0.337 e. The number of ether oxygens (including phenoxy) is 2. The topological polar surface area (TPSA) is 53.4 Å². The third-order valence-electron chi connectivity index (χ3n) is 3.51. The smallest absolute Gasteiger partial charge is 0.337 e. The van der Waals surface area contributed by atoms with Crippen molar-refractivity contribution < 1.29 is 14.3 Å². The summed E-state index contributed by atoms with van der Waals surface area (Å²) in [5.41, 5.74) is 3.13. The fourth-order valence-electron chi connectivity index (χ4n) is 2.28. The van der Waals surface area contributed by atoms with E-state index < -0.39 is 0 Å². The Kier molecular flexibility index (Phi) is 4.10. The van der Waals surface area contributed by atoms with Gasteiger partial charge >= 0.3 is 5.97 Å². The first-order chi connectivity index (χ1) is 11.2. The third kappa shape index (κ3) is 3.08. The lowest BCUT2D eigenvalue weighted by atomic mass is 10.1. The molecule has 0 radical (unpaired) electrons. The average Bonchev–Trinajstić information content (AvgIpc) is 3.11. The summed E-state index contributed by atoms with van der Waals surface area (Å²) in [6.07, 6.45) is 1.86. The summed E-state index contributed by atoms with van der Waals surface area (Å²) in [4.78, 5) is 11.6. The molecule has 0 spiro atoms. The largest absolute Gasteiger partial charge is 0.497 e. The van der Waals surface area contributed by atoms with Gasteiger partial charge in [-0.3, -0.25) is 0 Å². The summed E-state index contributed by atoms with van der Waals surface area (Å²) in [5.74, 6) is 0.438. The van der Waals surface area contributed by atoms with E-state index in [9.17, 15) is 4.79 Å². The van der Waals surface area contributed by atoms with Crippen LogP contribution in [0.2, 0.25) is 0 Å². The van der Waals surface area contributed by atoms with Gasteiger partial charge < -0.3 is 9.47 Å². The maximum atomic E-state index is 11.6. The van der Waals surface area contributed by atoms with Gasteiger partial charge in [0.1, 0.15) is 5.75 Å². The number of aromatic nitrogens is 2. The van der Waals surface area contributed by atoms with E-state index in [1.807, 2.05) is 42.6 Å². The molecule has 0 N–H and O–H groups in total. The van der Waals surface area contributed by atoms with Crippen molar-refractivity contribution in [3.63, 3.8) is 0 Å². The first-order valence-corrected chi connectivity index (χ1v) is 7.10. The van der Waals surface area contributed by atoms with E-state index in [1.54, 1.807) is 30.0 Å². The van der Waals surface area contributed by atoms with Gasteiger partial charge in [0.05, 0.1) is 31.2 Å². The zero-order chi connectivity index (χ0) is 16.2. The molecule has 0 amide bonds. The Morgan fingerprint density at radius 1 is 1.04 bits per heavy atom. The predicted molar refractivity (Wildman–Crippen MR) is 86.9 cm³/mol. The molecule has 0 saturated heterocycles. The molecule has 2 aromatic carbocycles. The standard InChI is InChI=1S/C18H16N2O3/c1-22-16-8-6-13(7-9-16)17-10-11-20(19-17)15-5-3-4-14(12-15)18(21)23-2/h3-12H,1-2H3. The normalized spacial score (nSPS) is 10.3. The van der Waals surface area contributed by atoms with Gasteiger partial charge in [0.25, 0.3) is 0 Å². The number of esters is 1. The van der Waals surface area contributed by atoms with E-state index in [1.165, 1.54) is 7.11 Å². The number of carbonyl (C=O) groups excluding carboxylic acids is 1. The number of hydrogen-bond donors (Lipinski definition) is 0. The molecule has 0 saturated carbocycles. The van der Waals surface area contributed by atoms with E-state index >= 15 is 0 Å². The second-order valence-corrected chi connectivity index (χ2v) is 4.92. The lowest BCUT2D eigenvalue weighted by Crippen LogP contribution is -2.03. The Morgan fingerprint density at radius 2 is 1.83 bits per heavy atom. The van der Waals surface area contributed by atoms with Crippen LogP contribution in [0, 0.1) is 0 Å². The minimum absolute atomic E-state index is 0.366. The zero-order valence-corrected chi connectivity index (χ0v) is 12.9. The van der Waals surface area contributed by atoms with Gasteiger partial charge in [0, 0.05) is 11.8 Å². The maximum absolute atomic E-state index is 11.6. The van der Waals surface area contributed by atoms with Gasteiger partial charge in [-0.25, -0.2) is 9.48 Å². The van der Waals surface area contributed by atoms with Gasteiger partial charge in [0.2, 0.25) is 0 Å². The van der Waals surface area contributed by atoms with Crippen molar-refractivity contribution in [3.05, 3.63) is 66.4 Å². The summed E-state index contributed by atoms with van der Waals surface area (Å²) in [5, 5.41) is 4.56. The fourth-order valence-corrected chi connectivity index (χ4v) is 2.28. The van der Waals surface area contributed by atoms with Crippen LogP contribution in [0.5, 0.6) is 5.75 Å². The third-order valence-corrected chi connectivity index (χ3v) is 3.51. The Balaban J connectivity index is 1.90. The first kappa shape index (κ1) is 14.8. The zero-order valence-electron chi connectivity index (χ0n) is 12.9. The van der Waals surface area contributed by atoms with Crippen LogP contribution in [0.25, 0.3) is 16.9 Å². The van der Waals surface area contributed by atoms with Crippen molar-refractivity contribution in [1.82, 2.24) is 9.78 Å². The second-order valence-electron chi connectivity index (χ2n) is 4.92. The molecule has 0 bridgehead atoms. The number of rotatable bonds is 4. The molecule has 3 aromatic rings. The molecule has 0 fully saturated rings. The molecular formula is C18H16N2O3. The molecule has 5 heteroatoms. The number of methoxy groups -OCH3 is 2. The molecule has 1 aromatic heterocycles. The molecule has 0 aliphatic rings. The number of nitrogens with zero attached hydrogens (tertiary/aromatic N) is 2. The van der Waals surface area contributed by atoms with Crippen molar-refractivity contribution in [2.75, 3.05) is 14.2 Å². The van der Waals surface area contributed by atoms with E-state index in [0.29, 0.717) is 5.56 Å². The monoisotopic (exact) mass is 308 g/mol. The molecule has 0 aliphatic carbocycles. The van der Waals surface area contributed by atoms with Crippen LogP contribution in [0.3, 0.4) is 0 Å². The minimum atomic E-state index is -0.366. The molecule has 116 valence electrons.